The van der Waals surface area contributed by atoms with Crippen molar-refractivity contribution < 1.29 is 19.8 Å². The molecule has 4 rings (SSSR count). The van der Waals surface area contributed by atoms with Gasteiger partial charge in [0.25, 0.3) is 0 Å². The molecule has 1 atom stereocenters. The number of carbonyl (C=O) groups excluding carboxylic acids is 2. The number of phenolic OH excluding ortho intramolecular Hbond substituents is 1. The van der Waals surface area contributed by atoms with Crippen LogP contribution in [0.3, 0.4) is 0 Å². The van der Waals surface area contributed by atoms with E-state index in [1.54, 1.807) is 13.8 Å². The van der Waals surface area contributed by atoms with Gasteiger partial charge in [-0.3, -0.25) is 9.59 Å². The number of anilines is 1. The molecule has 2 N–H and O–H groups in total. The molecular formula is C36H48ClN3O4. The van der Waals surface area contributed by atoms with Crippen molar-refractivity contribution >= 4 is 29.0 Å². The monoisotopic (exact) mass is 621 g/mol. The van der Waals surface area contributed by atoms with Crippen LogP contribution in [0.1, 0.15) is 94.5 Å². The Kier molecular flexibility index (Phi) is 14.5. The molecule has 1 saturated carbocycles. The van der Waals surface area contributed by atoms with E-state index < -0.39 is 0 Å². The molecule has 238 valence electrons. The van der Waals surface area contributed by atoms with Gasteiger partial charge in [0.05, 0.1) is 5.69 Å². The third kappa shape index (κ3) is 9.37. The number of carbonyl (C=O) groups is 2. The average Bonchev–Trinajstić information content (AvgIpc) is 3.18. The van der Waals surface area contributed by atoms with Crippen molar-refractivity contribution in [1.29, 1.82) is 0 Å². The van der Waals surface area contributed by atoms with Crippen LogP contribution in [0.2, 0.25) is 5.15 Å². The van der Waals surface area contributed by atoms with Crippen molar-refractivity contribution in [2.24, 2.45) is 11.8 Å². The van der Waals surface area contributed by atoms with Crippen molar-refractivity contribution in [3.63, 3.8) is 0 Å². The van der Waals surface area contributed by atoms with Gasteiger partial charge in [0.2, 0.25) is 5.91 Å². The number of pyridine rings is 1. The van der Waals surface area contributed by atoms with Crippen LogP contribution in [-0.4, -0.2) is 51.9 Å². The Morgan fingerprint density at radius 2 is 1.86 bits per heavy atom. The molecule has 1 aromatic heterocycles. The number of aromatic hydroxyl groups is 2. The minimum atomic E-state index is -0.159. The summed E-state index contributed by atoms with van der Waals surface area (Å²) in [4.78, 5) is 31.3. The number of allylic oxidation sites excluding steroid dienone is 1. The van der Waals surface area contributed by atoms with E-state index in [2.05, 4.69) is 62.3 Å². The number of aromatic nitrogens is 1. The summed E-state index contributed by atoms with van der Waals surface area (Å²) in [7, 11) is 2.07. The number of halogens is 1. The van der Waals surface area contributed by atoms with E-state index in [1.807, 2.05) is 11.0 Å². The van der Waals surface area contributed by atoms with Crippen LogP contribution in [0.15, 0.2) is 54.4 Å². The first-order valence-corrected chi connectivity index (χ1v) is 15.8. The maximum Gasteiger partial charge on any atom is 0.245 e. The fourth-order valence-electron chi connectivity index (χ4n) is 5.65. The summed E-state index contributed by atoms with van der Waals surface area (Å²) in [6, 6.07) is 7.56. The van der Waals surface area contributed by atoms with E-state index in [0.717, 1.165) is 44.5 Å². The van der Waals surface area contributed by atoms with Crippen LogP contribution < -0.4 is 4.90 Å². The summed E-state index contributed by atoms with van der Waals surface area (Å²) in [5.41, 5.74) is 5.23. The number of nitrogens with zero attached hydrogens (tertiary/aromatic N) is 3. The minimum Gasteiger partial charge on any atom is -0.506 e. The maximum absolute atomic E-state index is 12.1. The highest BCUT2D eigenvalue weighted by molar-refractivity contribution is 6.30. The van der Waals surface area contributed by atoms with Crippen molar-refractivity contribution in [1.82, 2.24) is 9.88 Å². The number of likely N-dealkylation sites (tertiary alicyclic amines) is 1. The van der Waals surface area contributed by atoms with E-state index in [1.165, 1.54) is 54.4 Å². The third-order valence-electron chi connectivity index (χ3n) is 8.28. The second kappa shape index (κ2) is 17.5. The Balaban J connectivity index is 0.000000376. The van der Waals surface area contributed by atoms with Gasteiger partial charge in [0, 0.05) is 43.5 Å². The SMILES string of the molecule is C#C.C=CC(=O)N1CCC/C(=C(/CCC)N(C)c2ccc(C3CCC3)cc2O)C(C)C1.CC(C)C(=O)c1cnc(Cl)c(O)c1. The first kappa shape index (κ1) is 36.4. The third-order valence-corrected chi connectivity index (χ3v) is 8.57. The number of ketones is 1. The normalized spacial score (nSPS) is 17.6. The van der Waals surface area contributed by atoms with Gasteiger partial charge in [-0.1, -0.05) is 64.8 Å². The Morgan fingerprint density at radius 1 is 1.18 bits per heavy atom. The largest absolute Gasteiger partial charge is 0.506 e. The highest BCUT2D eigenvalue weighted by Crippen LogP contribution is 2.41. The molecule has 7 nitrogen and oxygen atoms in total. The predicted molar refractivity (Wildman–Crippen MR) is 180 cm³/mol. The topological polar surface area (TPSA) is 94.0 Å². The molecule has 2 aromatic rings. The van der Waals surface area contributed by atoms with Crippen molar-refractivity contribution in [3.8, 4) is 24.3 Å². The molecular weight excluding hydrogens is 574 g/mol. The zero-order valence-corrected chi connectivity index (χ0v) is 27.6. The van der Waals surface area contributed by atoms with Gasteiger partial charge in [-0.15, -0.1) is 12.8 Å². The van der Waals surface area contributed by atoms with E-state index in [9.17, 15) is 19.8 Å². The van der Waals surface area contributed by atoms with Crippen molar-refractivity contribution in [3.05, 3.63) is 70.7 Å². The molecule has 1 aromatic carbocycles. The van der Waals surface area contributed by atoms with Gasteiger partial charge >= 0.3 is 0 Å². The van der Waals surface area contributed by atoms with Crippen LogP contribution in [0.5, 0.6) is 11.5 Å². The smallest absolute Gasteiger partial charge is 0.245 e. The van der Waals surface area contributed by atoms with Crippen molar-refractivity contribution in [2.45, 2.75) is 78.6 Å². The summed E-state index contributed by atoms with van der Waals surface area (Å²) in [6.07, 6.45) is 18.5. The number of benzene rings is 1. The zero-order chi connectivity index (χ0) is 33.0. The Hall–Kier alpha value is -3.76. The first-order valence-electron chi connectivity index (χ1n) is 15.4. The molecule has 1 aliphatic heterocycles. The van der Waals surface area contributed by atoms with E-state index in [4.69, 9.17) is 11.6 Å². The fourth-order valence-corrected chi connectivity index (χ4v) is 5.75. The molecule has 8 heteroatoms. The second-order valence-corrected chi connectivity index (χ2v) is 12.1. The lowest BCUT2D eigenvalue weighted by Gasteiger charge is -2.31. The molecule has 1 unspecified atom stereocenters. The van der Waals surface area contributed by atoms with Gasteiger partial charge in [-0.05, 0) is 79.4 Å². The Bertz CT molecular complexity index is 1350. The summed E-state index contributed by atoms with van der Waals surface area (Å²) in [5.74, 6) is 0.976. The average molecular weight is 622 g/mol. The highest BCUT2D eigenvalue weighted by atomic mass is 35.5. The van der Waals surface area contributed by atoms with Crippen LogP contribution in [0.25, 0.3) is 0 Å². The number of terminal acetylenes is 1. The maximum atomic E-state index is 12.1. The second-order valence-electron chi connectivity index (χ2n) is 11.7. The van der Waals surface area contributed by atoms with Crippen LogP contribution in [0.4, 0.5) is 5.69 Å². The standard InChI is InChI=1S/C25H36N2O2.C9H10ClNO2.C2H2/c1-5-9-22(21-12-8-15-27(17-18(21)3)25(29)6-2)26(4)23-14-13-20(16-24(23)28)19-10-7-11-19;1-5(2)8(13)6-3-7(12)9(10)11-4-6;1-2/h6,13-14,16,18-19,28H,2,5,7-12,15,17H2,1,3-4H3;3-5,12H,1-2H3;1-2H/b22-21+;;. The summed E-state index contributed by atoms with van der Waals surface area (Å²) in [5, 5.41) is 20.0. The number of amides is 1. The molecule has 1 saturated heterocycles. The zero-order valence-electron chi connectivity index (χ0n) is 26.9. The summed E-state index contributed by atoms with van der Waals surface area (Å²) >= 11 is 5.49. The Labute approximate surface area is 268 Å². The van der Waals surface area contributed by atoms with E-state index in [0.29, 0.717) is 23.1 Å². The van der Waals surface area contributed by atoms with Crippen molar-refractivity contribution in [2.75, 3.05) is 25.0 Å². The van der Waals surface area contributed by atoms with Crippen LogP contribution >= 0.6 is 11.6 Å². The molecule has 0 radical (unpaired) electrons. The van der Waals surface area contributed by atoms with Crippen LogP contribution in [0, 0.1) is 24.7 Å². The number of rotatable bonds is 8. The molecule has 0 bridgehead atoms. The molecule has 1 aliphatic carbocycles. The lowest BCUT2D eigenvalue weighted by molar-refractivity contribution is -0.126. The molecule has 2 heterocycles. The highest BCUT2D eigenvalue weighted by Gasteiger charge is 2.26. The quantitative estimate of drug-likeness (QED) is 0.134. The van der Waals surface area contributed by atoms with E-state index in [-0.39, 0.29) is 28.5 Å². The van der Waals surface area contributed by atoms with E-state index >= 15 is 0 Å². The first-order chi connectivity index (χ1) is 21.0. The van der Waals surface area contributed by atoms with Gasteiger partial charge < -0.3 is 20.0 Å². The Morgan fingerprint density at radius 3 is 2.39 bits per heavy atom. The van der Waals surface area contributed by atoms with Gasteiger partial charge in [-0.2, -0.15) is 0 Å². The number of hydrogen-bond acceptors (Lipinski definition) is 6. The minimum absolute atomic E-state index is 0.0142. The predicted octanol–water partition coefficient (Wildman–Crippen LogP) is 8.12. The van der Waals surface area contributed by atoms with Gasteiger partial charge in [0.1, 0.15) is 5.75 Å². The summed E-state index contributed by atoms with van der Waals surface area (Å²) in [6.45, 7) is 13.1. The number of Topliss-reactive ketones (excluding diaryl/α,β-unsaturated/α-hetero) is 1. The summed E-state index contributed by atoms with van der Waals surface area (Å²) < 4.78 is 0. The number of hydrogen-bond donors (Lipinski definition) is 2. The molecule has 44 heavy (non-hydrogen) atoms. The van der Waals surface area contributed by atoms with Gasteiger partial charge in [0.15, 0.2) is 16.7 Å². The fraction of sp³-hybridized carbons (Fsp3) is 0.472. The lowest BCUT2D eigenvalue weighted by Crippen LogP contribution is -2.33. The molecule has 1 amide bonds. The lowest BCUT2D eigenvalue weighted by atomic mass is 9.80. The van der Waals surface area contributed by atoms with Crippen LogP contribution in [-0.2, 0) is 4.79 Å². The molecule has 2 aliphatic rings. The van der Waals surface area contributed by atoms with Gasteiger partial charge in [-0.25, -0.2) is 4.98 Å². The molecule has 0 spiro atoms. The number of phenols is 1. The molecule has 2 fully saturated rings.